The molecule has 0 saturated heterocycles. The van der Waals surface area contributed by atoms with Crippen LogP contribution in [0.25, 0.3) is 0 Å². The van der Waals surface area contributed by atoms with Crippen molar-refractivity contribution in [2.24, 2.45) is 0 Å². The molecule has 2 aromatic rings. The summed E-state index contributed by atoms with van der Waals surface area (Å²) in [7, 11) is 1.56. The topological polar surface area (TPSA) is 67.9 Å². The molecule has 0 saturated carbocycles. The molecule has 2 amide bonds. The third kappa shape index (κ3) is 6.79. The average molecular weight is 413 g/mol. The predicted molar refractivity (Wildman–Crippen MR) is 118 cm³/mol. The van der Waals surface area contributed by atoms with Crippen LogP contribution in [0.3, 0.4) is 0 Å². The summed E-state index contributed by atoms with van der Waals surface area (Å²) in [6.07, 6.45) is 1.18. The third-order valence-electron chi connectivity index (χ3n) is 4.72. The summed E-state index contributed by atoms with van der Waals surface area (Å²) in [4.78, 5) is 27.5. The van der Waals surface area contributed by atoms with Gasteiger partial charge in [0.1, 0.15) is 6.04 Å². The lowest BCUT2D eigenvalue weighted by Crippen LogP contribution is -2.52. The number of hydrogen-bond acceptors (Lipinski definition) is 4. The number of rotatable bonds is 11. The van der Waals surface area contributed by atoms with Crippen LogP contribution >= 0.6 is 0 Å². The van der Waals surface area contributed by atoms with E-state index in [1.54, 1.807) is 24.1 Å². The number of nitrogens with one attached hydrogen (secondary N) is 1. The van der Waals surface area contributed by atoms with Gasteiger partial charge in [0.2, 0.25) is 5.91 Å². The number of methoxy groups -OCH3 is 1. The summed E-state index contributed by atoms with van der Waals surface area (Å²) < 4.78 is 11.0. The van der Waals surface area contributed by atoms with Gasteiger partial charge < -0.3 is 19.7 Å². The second-order valence-electron chi connectivity index (χ2n) is 7.35. The molecular weight excluding hydrogens is 380 g/mol. The average Bonchev–Trinajstić information content (AvgIpc) is 2.75. The van der Waals surface area contributed by atoms with E-state index in [9.17, 15) is 9.59 Å². The number of nitrogens with zero attached hydrogens (tertiary/aromatic N) is 1. The minimum atomic E-state index is -0.551. The maximum Gasteiger partial charge on any atom is 0.261 e. The van der Waals surface area contributed by atoms with E-state index in [-0.39, 0.29) is 24.5 Å². The van der Waals surface area contributed by atoms with Crippen molar-refractivity contribution in [2.75, 3.05) is 20.3 Å². The molecule has 0 spiro atoms. The van der Waals surface area contributed by atoms with Crippen molar-refractivity contribution in [3.8, 4) is 11.5 Å². The minimum absolute atomic E-state index is 0.00227. The van der Waals surface area contributed by atoms with E-state index in [1.807, 2.05) is 63.2 Å². The monoisotopic (exact) mass is 412 g/mol. The molecule has 0 aliphatic carbocycles. The molecule has 6 nitrogen and oxygen atoms in total. The Kier molecular flexibility index (Phi) is 9.19. The van der Waals surface area contributed by atoms with E-state index >= 15 is 0 Å². The molecule has 2 aromatic carbocycles. The predicted octanol–water partition coefficient (Wildman–Crippen LogP) is 3.45. The number of benzene rings is 2. The SMILES string of the molecule is CC[C@@H](C(=O)NC(C)C)N(CCc1ccccc1)C(=O)COc1ccccc1OC. The van der Waals surface area contributed by atoms with Gasteiger partial charge in [-0.25, -0.2) is 0 Å². The summed E-state index contributed by atoms with van der Waals surface area (Å²) in [5.41, 5.74) is 1.11. The van der Waals surface area contributed by atoms with E-state index < -0.39 is 6.04 Å². The lowest BCUT2D eigenvalue weighted by molar-refractivity contribution is -0.142. The molecular formula is C24H32N2O4. The molecule has 30 heavy (non-hydrogen) atoms. The van der Waals surface area contributed by atoms with E-state index in [4.69, 9.17) is 9.47 Å². The van der Waals surface area contributed by atoms with Crippen molar-refractivity contribution in [3.63, 3.8) is 0 Å². The van der Waals surface area contributed by atoms with Gasteiger partial charge >= 0.3 is 0 Å². The van der Waals surface area contributed by atoms with Crippen LogP contribution in [0.15, 0.2) is 54.6 Å². The number of ether oxygens (including phenoxy) is 2. The van der Waals surface area contributed by atoms with E-state index in [0.717, 1.165) is 5.56 Å². The van der Waals surface area contributed by atoms with E-state index in [0.29, 0.717) is 30.9 Å². The van der Waals surface area contributed by atoms with Crippen LogP contribution in [0.5, 0.6) is 11.5 Å². The van der Waals surface area contributed by atoms with Crippen LogP contribution < -0.4 is 14.8 Å². The van der Waals surface area contributed by atoms with Gasteiger partial charge in [-0.2, -0.15) is 0 Å². The van der Waals surface area contributed by atoms with Crippen LogP contribution in [0, 0.1) is 0 Å². The molecule has 0 fully saturated rings. The first kappa shape index (κ1) is 23.3. The smallest absolute Gasteiger partial charge is 0.261 e. The fourth-order valence-corrected chi connectivity index (χ4v) is 3.24. The largest absolute Gasteiger partial charge is 0.493 e. The van der Waals surface area contributed by atoms with Crippen LogP contribution in [-0.4, -0.2) is 49.1 Å². The highest BCUT2D eigenvalue weighted by atomic mass is 16.5. The first-order valence-corrected chi connectivity index (χ1v) is 10.4. The maximum absolute atomic E-state index is 13.1. The number of hydrogen-bond donors (Lipinski definition) is 1. The Balaban J connectivity index is 2.15. The fourth-order valence-electron chi connectivity index (χ4n) is 3.24. The quantitative estimate of drug-likeness (QED) is 0.614. The van der Waals surface area contributed by atoms with Gasteiger partial charge in [0.05, 0.1) is 7.11 Å². The van der Waals surface area contributed by atoms with Crippen molar-refractivity contribution in [2.45, 2.75) is 45.7 Å². The molecule has 1 N–H and O–H groups in total. The number of carbonyl (C=O) groups is 2. The van der Waals surface area contributed by atoms with Gasteiger partial charge in [-0.05, 0) is 44.4 Å². The van der Waals surface area contributed by atoms with Crippen molar-refractivity contribution >= 4 is 11.8 Å². The normalized spacial score (nSPS) is 11.6. The summed E-state index contributed by atoms with van der Waals surface area (Å²) in [6, 6.07) is 16.6. The highest BCUT2D eigenvalue weighted by Crippen LogP contribution is 2.25. The minimum Gasteiger partial charge on any atom is -0.493 e. The number of amides is 2. The molecule has 0 radical (unpaired) electrons. The van der Waals surface area contributed by atoms with Crippen LogP contribution in [-0.2, 0) is 16.0 Å². The van der Waals surface area contributed by atoms with Crippen LogP contribution in [0.1, 0.15) is 32.8 Å². The maximum atomic E-state index is 13.1. The molecule has 2 rings (SSSR count). The molecule has 0 aromatic heterocycles. The highest BCUT2D eigenvalue weighted by molar-refractivity contribution is 5.88. The Morgan fingerprint density at radius 2 is 1.63 bits per heavy atom. The Bertz CT molecular complexity index is 808. The zero-order valence-electron chi connectivity index (χ0n) is 18.3. The number of carbonyl (C=O) groups excluding carboxylic acids is 2. The van der Waals surface area contributed by atoms with E-state index in [2.05, 4.69) is 5.32 Å². The van der Waals surface area contributed by atoms with Gasteiger partial charge in [-0.3, -0.25) is 9.59 Å². The summed E-state index contributed by atoms with van der Waals surface area (Å²) in [6.45, 7) is 5.99. The van der Waals surface area contributed by atoms with Crippen molar-refractivity contribution in [3.05, 3.63) is 60.2 Å². The van der Waals surface area contributed by atoms with Crippen molar-refractivity contribution < 1.29 is 19.1 Å². The van der Waals surface area contributed by atoms with Crippen LogP contribution in [0.2, 0.25) is 0 Å². The Morgan fingerprint density at radius 1 is 1.00 bits per heavy atom. The standard InChI is InChI=1S/C24H32N2O4/c1-5-20(24(28)25-18(2)3)26(16-15-19-11-7-6-8-12-19)23(27)17-30-22-14-10-9-13-21(22)29-4/h6-14,18,20H,5,15-17H2,1-4H3,(H,25,28)/t20-/m0/s1. The molecule has 0 heterocycles. The second kappa shape index (κ2) is 11.9. The Labute approximate surface area is 179 Å². The first-order valence-electron chi connectivity index (χ1n) is 10.4. The second-order valence-corrected chi connectivity index (χ2v) is 7.35. The zero-order valence-corrected chi connectivity index (χ0v) is 18.3. The fraction of sp³-hybridized carbons (Fsp3) is 0.417. The number of para-hydroxylation sites is 2. The van der Waals surface area contributed by atoms with Gasteiger partial charge in [0.25, 0.3) is 5.91 Å². The molecule has 6 heteroatoms. The van der Waals surface area contributed by atoms with Gasteiger partial charge in [-0.15, -0.1) is 0 Å². The van der Waals surface area contributed by atoms with Crippen LogP contribution in [0.4, 0.5) is 0 Å². The van der Waals surface area contributed by atoms with Gasteiger partial charge in [-0.1, -0.05) is 49.4 Å². The van der Waals surface area contributed by atoms with E-state index in [1.165, 1.54) is 0 Å². The zero-order chi connectivity index (χ0) is 21.9. The highest BCUT2D eigenvalue weighted by Gasteiger charge is 2.29. The summed E-state index contributed by atoms with van der Waals surface area (Å²) in [5.74, 6) is 0.676. The van der Waals surface area contributed by atoms with Crippen molar-refractivity contribution in [1.29, 1.82) is 0 Å². The molecule has 0 bridgehead atoms. The Hall–Kier alpha value is -3.02. The lowest BCUT2D eigenvalue weighted by atomic mass is 10.1. The van der Waals surface area contributed by atoms with Gasteiger partial charge in [0.15, 0.2) is 18.1 Å². The van der Waals surface area contributed by atoms with Gasteiger partial charge in [0, 0.05) is 12.6 Å². The summed E-state index contributed by atoms with van der Waals surface area (Å²) >= 11 is 0. The molecule has 0 aliphatic heterocycles. The Morgan fingerprint density at radius 3 is 2.23 bits per heavy atom. The molecule has 0 aliphatic rings. The lowest BCUT2D eigenvalue weighted by Gasteiger charge is -2.31. The molecule has 162 valence electrons. The third-order valence-corrected chi connectivity index (χ3v) is 4.72. The summed E-state index contributed by atoms with van der Waals surface area (Å²) in [5, 5.41) is 2.93. The first-order chi connectivity index (χ1) is 14.5. The molecule has 1 atom stereocenters. The van der Waals surface area contributed by atoms with Crippen molar-refractivity contribution in [1.82, 2.24) is 10.2 Å². The molecule has 0 unspecified atom stereocenters.